The molecule has 0 unspecified atom stereocenters. The van der Waals surface area contributed by atoms with Crippen molar-refractivity contribution < 1.29 is 4.79 Å². The van der Waals surface area contributed by atoms with E-state index in [9.17, 15) is 9.59 Å². The van der Waals surface area contributed by atoms with Crippen molar-refractivity contribution in [3.63, 3.8) is 0 Å². The first-order valence-electron chi connectivity index (χ1n) is 12.1. The molecule has 0 aliphatic rings. The number of aryl methyl sites for hydroxylation is 1. The maximum atomic E-state index is 13.4. The van der Waals surface area contributed by atoms with Gasteiger partial charge in [-0.05, 0) is 67.6 Å². The number of carbonyl (C=O) groups excluding carboxylic acids is 1. The third-order valence-electron chi connectivity index (χ3n) is 6.20. The van der Waals surface area contributed by atoms with Crippen molar-refractivity contribution in [2.75, 3.05) is 11.1 Å². The summed E-state index contributed by atoms with van der Waals surface area (Å²) in [5.74, 6) is 0.683. The van der Waals surface area contributed by atoms with Gasteiger partial charge in [-0.2, -0.15) is 0 Å². The SMILES string of the molecule is Cc1ccc(-n2c(SCC(=O)Nc3ccc(-c4nc5ccccc5[nH]4)cc3)nc3ccccc3c2=O)cc1. The van der Waals surface area contributed by atoms with Gasteiger partial charge in [0.05, 0.1) is 33.4 Å². The van der Waals surface area contributed by atoms with Gasteiger partial charge in [-0.15, -0.1) is 0 Å². The first-order valence-corrected chi connectivity index (χ1v) is 13.1. The number of hydrogen-bond acceptors (Lipinski definition) is 5. The molecule has 0 saturated heterocycles. The molecule has 0 bridgehead atoms. The number of aromatic nitrogens is 4. The zero-order valence-electron chi connectivity index (χ0n) is 20.5. The van der Waals surface area contributed by atoms with Crippen LogP contribution in [0.25, 0.3) is 39.0 Å². The molecule has 0 spiro atoms. The third kappa shape index (κ3) is 4.69. The molecule has 0 aliphatic heterocycles. The standard InChI is InChI=1S/C30H23N5O2S/c1-19-10-16-22(17-11-19)35-29(37)23-6-2-3-7-24(23)34-30(35)38-18-27(36)31-21-14-12-20(13-15-21)28-32-25-8-4-5-9-26(25)33-28/h2-17H,18H2,1H3,(H,31,36)(H,32,33). The Bertz CT molecular complexity index is 1810. The Morgan fingerprint density at radius 3 is 2.34 bits per heavy atom. The highest BCUT2D eigenvalue weighted by atomic mass is 32.2. The average molecular weight is 518 g/mol. The number of amides is 1. The van der Waals surface area contributed by atoms with Crippen molar-refractivity contribution in [3.8, 4) is 17.1 Å². The molecule has 6 rings (SSSR count). The first-order chi connectivity index (χ1) is 18.5. The molecule has 38 heavy (non-hydrogen) atoms. The summed E-state index contributed by atoms with van der Waals surface area (Å²) >= 11 is 1.23. The lowest BCUT2D eigenvalue weighted by Gasteiger charge is -2.13. The van der Waals surface area contributed by atoms with Crippen LogP contribution in [0, 0.1) is 6.92 Å². The number of nitrogens with zero attached hydrogens (tertiary/aromatic N) is 3. The van der Waals surface area contributed by atoms with Crippen LogP contribution in [0.2, 0.25) is 0 Å². The summed E-state index contributed by atoms with van der Waals surface area (Å²) in [4.78, 5) is 38.9. The first kappa shape index (κ1) is 23.7. The highest BCUT2D eigenvalue weighted by molar-refractivity contribution is 7.99. The predicted molar refractivity (Wildman–Crippen MR) is 153 cm³/mol. The lowest BCUT2D eigenvalue weighted by Crippen LogP contribution is -2.23. The van der Waals surface area contributed by atoms with Gasteiger partial charge in [0, 0.05) is 11.3 Å². The average Bonchev–Trinajstić information content (AvgIpc) is 3.38. The molecular formula is C30H23N5O2S. The Morgan fingerprint density at radius 2 is 1.58 bits per heavy atom. The van der Waals surface area contributed by atoms with E-state index in [-0.39, 0.29) is 17.2 Å². The maximum Gasteiger partial charge on any atom is 0.266 e. The molecule has 0 saturated carbocycles. The van der Waals surface area contributed by atoms with Crippen LogP contribution >= 0.6 is 11.8 Å². The molecule has 7 nitrogen and oxygen atoms in total. The Morgan fingerprint density at radius 1 is 0.868 bits per heavy atom. The molecule has 2 aromatic heterocycles. The second kappa shape index (κ2) is 9.99. The molecular weight excluding hydrogens is 494 g/mol. The van der Waals surface area contributed by atoms with Gasteiger partial charge in [0.15, 0.2) is 5.16 Å². The number of aromatic amines is 1. The number of anilines is 1. The summed E-state index contributed by atoms with van der Waals surface area (Å²) in [5.41, 5.74) is 5.73. The minimum Gasteiger partial charge on any atom is -0.338 e. The molecule has 0 atom stereocenters. The topological polar surface area (TPSA) is 92.7 Å². The molecule has 1 amide bonds. The summed E-state index contributed by atoms with van der Waals surface area (Å²) in [5, 5.41) is 3.93. The zero-order chi connectivity index (χ0) is 26.1. The van der Waals surface area contributed by atoms with E-state index in [0.717, 1.165) is 28.0 Å². The molecule has 4 aromatic carbocycles. The van der Waals surface area contributed by atoms with Crippen LogP contribution < -0.4 is 10.9 Å². The molecule has 6 aromatic rings. The summed E-state index contributed by atoms with van der Waals surface area (Å²) < 4.78 is 1.57. The van der Waals surface area contributed by atoms with Crippen molar-refractivity contribution in [1.82, 2.24) is 19.5 Å². The number of fused-ring (bicyclic) bond motifs is 2. The van der Waals surface area contributed by atoms with Crippen LogP contribution in [-0.4, -0.2) is 31.2 Å². The van der Waals surface area contributed by atoms with Crippen LogP contribution in [0.1, 0.15) is 5.56 Å². The summed E-state index contributed by atoms with van der Waals surface area (Å²) in [6, 6.07) is 30.3. The van der Waals surface area contributed by atoms with Gasteiger partial charge in [0.1, 0.15) is 5.82 Å². The highest BCUT2D eigenvalue weighted by Crippen LogP contribution is 2.24. The summed E-state index contributed by atoms with van der Waals surface area (Å²) in [6.45, 7) is 1.99. The summed E-state index contributed by atoms with van der Waals surface area (Å²) in [7, 11) is 0. The van der Waals surface area contributed by atoms with E-state index < -0.39 is 0 Å². The number of imidazole rings is 1. The van der Waals surface area contributed by atoms with Gasteiger partial charge in [-0.1, -0.05) is 53.7 Å². The van der Waals surface area contributed by atoms with Crippen LogP contribution in [-0.2, 0) is 4.79 Å². The lowest BCUT2D eigenvalue weighted by atomic mass is 10.2. The second-order valence-electron chi connectivity index (χ2n) is 8.90. The fraction of sp³-hybridized carbons (Fsp3) is 0.0667. The number of benzene rings is 4. The third-order valence-corrected chi connectivity index (χ3v) is 7.14. The van der Waals surface area contributed by atoms with E-state index in [2.05, 4.69) is 15.3 Å². The second-order valence-corrected chi connectivity index (χ2v) is 9.85. The predicted octanol–water partition coefficient (Wildman–Crippen LogP) is 5.97. The van der Waals surface area contributed by atoms with Gasteiger partial charge in [0.25, 0.3) is 5.56 Å². The largest absolute Gasteiger partial charge is 0.338 e. The molecule has 0 aliphatic carbocycles. The van der Waals surface area contributed by atoms with E-state index in [1.54, 1.807) is 10.6 Å². The number of rotatable bonds is 6. The normalized spacial score (nSPS) is 11.2. The maximum absolute atomic E-state index is 13.4. The summed E-state index contributed by atoms with van der Waals surface area (Å²) in [6.07, 6.45) is 0. The molecule has 8 heteroatoms. The Labute approximate surface area is 222 Å². The monoisotopic (exact) mass is 517 g/mol. The highest BCUT2D eigenvalue weighted by Gasteiger charge is 2.15. The Hall–Kier alpha value is -4.69. The van der Waals surface area contributed by atoms with E-state index in [4.69, 9.17) is 4.98 Å². The van der Waals surface area contributed by atoms with E-state index in [1.807, 2.05) is 97.9 Å². The fourth-order valence-corrected chi connectivity index (χ4v) is 5.07. The van der Waals surface area contributed by atoms with Gasteiger partial charge >= 0.3 is 0 Å². The van der Waals surface area contributed by atoms with Crippen LogP contribution in [0.3, 0.4) is 0 Å². The number of nitrogens with one attached hydrogen (secondary N) is 2. The molecule has 2 N–H and O–H groups in total. The molecule has 0 fully saturated rings. The molecule has 2 heterocycles. The van der Waals surface area contributed by atoms with E-state index in [1.165, 1.54) is 11.8 Å². The van der Waals surface area contributed by atoms with Crippen molar-refractivity contribution in [2.24, 2.45) is 0 Å². The smallest absolute Gasteiger partial charge is 0.266 e. The minimum absolute atomic E-state index is 0.0992. The zero-order valence-corrected chi connectivity index (χ0v) is 21.3. The Balaban J connectivity index is 1.21. The number of para-hydroxylation sites is 3. The van der Waals surface area contributed by atoms with Crippen molar-refractivity contribution >= 4 is 45.3 Å². The fourth-order valence-electron chi connectivity index (χ4n) is 4.26. The van der Waals surface area contributed by atoms with E-state index in [0.29, 0.717) is 27.4 Å². The quantitative estimate of drug-likeness (QED) is 0.210. The lowest BCUT2D eigenvalue weighted by molar-refractivity contribution is -0.113. The van der Waals surface area contributed by atoms with Gasteiger partial charge in [0.2, 0.25) is 5.91 Å². The van der Waals surface area contributed by atoms with Gasteiger partial charge < -0.3 is 10.3 Å². The molecule has 186 valence electrons. The van der Waals surface area contributed by atoms with Crippen LogP contribution in [0.4, 0.5) is 5.69 Å². The molecule has 0 radical (unpaired) electrons. The number of H-pyrrole nitrogens is 1. The van der Waals surface area contributed by atoms with Crippen molar-refractivity contribution in [1.29, 1.82) is 0 Å². The Kier molecular flexibility index (Phi) is 6.23. The minimum atomic E-state index is -0.190. The number of carbonyl (C=O) groups is 1. The van der Waals surface area contributed by atoms with Gasteiger partial charge in [-0.3, -0.25) is 14.2 Å². The van der Waals surface area contributed by atoms with Crippen molar-refractivity contribution in [2.45, 2.75) is 12.1 Å². The number of thioether (sulfide) groups is 1. The van der Waals surface area contributed by atoms with Crippen molar-refractivity contribution in [3.05, 3.63) is 113 Å². The van der Waals surface area contributed by atoms with Crippen LogP contribution in [0.5, 0.6) is 0 Å². The van der Waals surface area contributed by atoms with Crippen LogP contribution in [0.15, 0.2) is 107 Å². The van der Waals surface area contributed by atoms with E-state index >= 15 is 0 Å². The number of hydrogen-bond donors (Lipinski definition) is 2. The van der Waals surface area contributed by atoms with Gasteiger partial charge in [-0.25, -0.2) is 9.97 Å².